The van der Waals surface area contributed by atoms with Gasteiger partial charge in [0, 0.05) is 6.54 Å². The van der Waals surface area contributed by atoms with Crippen LogP contribution in [0.3, 0.4) is 0 Å². The molecule has 1 saturated heterocycles. The van der Waals surface area contributed by atoms with E-state index in [-0.39, 0.29) is 12.4 Å². The van der Waals surface area contributed by atoms with Crippen LogP contribution in [0.15, 0.2) is 9.21 Å². The standard InChI is InChI=1S/C6H8Br2N4.ClH/c7-5-6(8)11-12(10-5)4-1-2-9-3-4;/h4,9H,1-3H2;1H. The molecule has 1 unspecified atom stereocenters. The molecular weight excluding hydrogens is 323 g/mol. The lowest BCUT2D eigenvalue weighted by molar-refractivity contribution is 0.430. The Hall–Kier alpha value is 0.350. The third kappa shape index (κ3) is 2.43. The quantitative estimate of drug-likeness (QED) is 0.852. The molecular formula is C6H9Br2ClN4. The van der Waals surface area contributed by atoms with Crippen molar-refractivity contribution in [2.75, 3.05) is 13.1 Å². The molecule has 1 fully saturated rings. The molecule has 13 heavy (non-hydrogen) atoms. The van der Waals surface area contributed by atoms with E-state index >= 15 is 0 Å². The van der Waals surface area contributed by atoms with Crippen LogP contribution in [0.25, 0.3) is 0 Å². The Morgan fingerprint density at radius 1 is 1.31 bits per heavy atom. The van der Waals surface area contributed by atoms with Gasteiger partial charge in [-0.2, -0.15) is 4.80 Å². The van der Waals surface area contributed by atoms with E-state index in [0.29, 0.717) is 6.04 Å². The number of halogens is 3. The number of hydrogen-bond acceptors (Lipinski definition) is 3. The predicted molar refractivity (Wildman–Crippen MR) is 59.2 cm³/mol. The van der Waals surface area contributed by atoms with Crippen molar-refractivity contribution in [3.8, 4) is 0 Å². The summed E-state index contributed by atoms with van der Waals surface area (Å²) in [6, 6.07) is 0.410. The highest BCUT2D eigenvalue weighted by Crippen LogP contribution is 2.21. The molecule has 0 amide bonds. The number of rotatable bonds is 1. The van der Waals surface area contributed by atoms with Crippen molar-refractivity contribution >= 4 is 44.3 Å². The summed E-state index contributed by atoms with van der Waals surface area (Å²) in [6.45, 7) is 2.02. The van der Waals surface area contributed by atoms with Gasteiger partial charge in [0.1, 0.15) is 0 Å². The molecule has 74 valence electrons. The Bertz CT molecular complexity index is 265. The van der Waals surface area contributed by atoms with Gasteiger partial charge < -0.3 is 5.32 Å². The van der Waals surface area contributed by atoms with Gasteiger partial charge in [0.2, 0.25) is 0 Å². The molecule has 1 N–H and O–H groups in total. The van der Waals surface area contributed by atoms with E-state index in [0.717, 1.165) is 28.7 Å². The summed E-state index contributed by atoms with van der Waals surface area (Å²) in [5.74, 6) is 0. The third-order valence-electron chi connectivity index (χ3n) is 1.91. The van der Waals surface area contributed by atoms with E-state index in [1.54, 1.807) is 4.80 Å². The molecule has 0 saturated carbocycles. The maximum absolute atomic E-state index is 4.23. The van der Waals surface area contributed by atoms with Crippen molar-refractivity contribution in [3.05, 3.63) is 9.21 Å². The lowest BCUT2D eigenvalue weighted by Crippen LogP contribution is -2.15. The summed E-state index contributed by atoms with van der Waals surface area (Å²) in [5.41, 5.74) is 0. The molecule has 4 nitrogen and oxygen atoms in total. The van der Waals surface area contributed by atoms with Crippen molar-refractivity contribution in [3.63, 3.8) is 0 Å². The highest BCUT2D eigenvalue weighted by atomic mass is 79.9. The van der Waals surface area contributed by atoms with Gasteiger partial charge in [0.05, 0.1) is 6.04 Å². The predicted octanol–water partition coefficient (Wildman–Crippen LogP) is 1.76. The minimum atomic E-state index is 0. The first-order valence-electron chi connectivity index (χ1n) is 3.76. The van der Waals surface area contributed by atoms with E-state index in [1.807, 2.05) is 0 Å². The zero-order chi connectivity index (χ0) is 8.55. The first kappa shape index (κ1) is 11.4. The Morgan fingerprint density at radius 2 is 1.92 bits per heavy atom. The second kappa shape index (κ2) is 4.72. The number of hydrogen-bond donors (Lipinski definition) is 1. The Labute approximate surface area is 99.1 Å². The van der Waals surface area contributed by atoms with E-state index in [1.165, 1.54) is 0 Å². The Morgan fingerprint density at radius 3 is 2.38 bits per heavy atom. The van der Waals surface area contributed by atoms with Crippen LogP contribution in [0.2, 0.25) is 0 Å². The van der Waals surface area contributed by atoms with Gasteiger partial charge in [0.25, 0.3) is 0 Å². The second-order valence-electron chi connectivity index (χ2n) is 2.75. The smallest absolute Gasteiger partial charge is 0.162 e. The summed E-state index contributed by atoms with van der Waals surface area (Å²) in [6.07, 6.45) is 1.10. The lowest BCUT2D eigenvalue weighted by Gasteiger charge is -2.04. The van der Waals surface area contributed by atoms with E-state index in [4.69, 9.17) is 0 Å². The lowest BCUT2D eigenvalue weighted by atomic mass is 10.3. The molecule has 0 bridgehead atoms. The fraction of sp³-hybridized carbons (Fsp3) is 0.667. The molecule has 1 aromatic rings. The van der Waals surface area contributed by atoms with E-state index in [2.05, 4.69) is 47.4 Å². The summed E-state index contributed by atoms with van der Waals surface area (Å²) in [4.78, 5) is 1.76. The average molecular weight is 332 g/mol. The van der Waals surface area contributed by atoms with Gasteiger partial charge in [-0.05, 0) is 44.8 Å². The first-order chi connectivity index (χ1) is 5.77. The largest absolute Gasteiger partial charge is 0.314 e. The average Bonchev–Trinajstić information content (AvgIpc) is 2.61. The fourth-order valence-electron chi connectivity index (χ4n) is 1.28. The van der Waals surface area contributed by atoms with Crippen LogP contribution in [0.4, 0.5) is 0 Å². The second-order valence-corrected chi connectivity index (χ2v) is 4.25. The van der Waals surface area contributed by atoms with Crippen molar-refractivity contribution < 1.29 is 0 Å². The number of nitrogens with zero attached hydrogens (tertiary/aromatic N) is 3. The number of nitrogens with one attached hydrogen (secondary N) is 1. The van der Waals surface area contributed by atoms with Crippen LogP contribution in [0.1, 0.15) is 12.5 Å². The third-order valence-corrected chi connectivity index (χ3v) is 3.51. The van der Waals surface area contributed by atoms with Crippen LogP contribution in [0, 0.1) is 0 Å². The molecule has 2 heterocycles. The first-order valence-corrected chi connectivity index (χ1v) is 5.34. The van der Waals surface area contributed by atoms with Gasteiger partial charge in [-0.1, -0.05) is 0 Å². The van der Waals surface area contributed by atoms with Crippen LogP contribution in [0.5, 0.6) is 0 Å². The summed E-state index contributed by atoms with van der Waals surface area (Å²) >= 11 is 6.60. The van der Waals surface area contributed by atoms with Crippen molar-refractivity contribution in [1.29, 1.82) is 0 Å². The van der Waals surface area contributed by atoms with Crippen LogP contribution in [-0.4, -0.2) is 28.1 Å². The summed E-state index contributed by atoms with van der Waals surface area (Å²) < 4.78 is 1.55. The molecule has 1 aliphatic heterocycles. The minimum absolute atomic E-state index is 0. The van der Waals surface area contributed by atoms with E-state index < -0.39 is 0 Å². The molecule has 7 heteroatoms. The summed E-state index contributed by atoms with van der Waals surface area (Å²) in [7, 11) is 0. The zero-order valence-corrected chi connectivity index (χ0v) is 10.7. The minimum Gasteiger partial charge on any atom is -0.314 e. The SMILES string of the molecule is Brc1nn(C2CCNC2)nc1Br.Cl. The highest BCUT2D eigenvalue weighted by molar-refractivity contribution is 9.13. The van der Waals surface area contributed by atoms with Gasteiger partial charge in [0.15, 0.2) is 9.21 Å². The molecule has 1 atom stereocenters. The molecule has 0 aromatic carbocycles. The van der Waals surface area contributed by atoms with Crippen LogP contribution < -0.4 is 5.32 Å². The number of aromatic nitrogens is 3. The molecule has 2 rings (SSSR count). The maximum Gasteiger partial charge on any atom is 0.162 e. The van der Waals surface area contributed by atoms with Gasteiger partial charge >= 0.3 is 0 Å². The fourth-order valence-corrected chi connectivity index (χ4v) is 1.77. The highest BCUT2D eigenvalue weighted by Gasteiger charge is 2.19. The maximum atomic E-state index is 4.23. The topological polar surface area (TPSA) is 42.7 Å². The molecule has 1 aromatic heterocycles. The van der Waals surface area contributed by atoms with Gasteiger partial charge in [-0.15, -0.1) is 22.6 Å². The normalized spacial score (nSPS) is 21.5. The van der Waals surface area contributed by atoms with Crippen LogP contribution >= 0.6 is 44.3 Å². The molecule has 0 radical (unpaired) electrons. The Kier molecular flexibility index (Phi) is 4.15. The van der Waals surface area contributed by atoms with E-state index in [9.17, 15) is 0 Å². The Balaban J connectivity index is 0.000000845. The van der Waals surface area contributed by atoms with Gasteiger partial charge in [-0.25, -0.2) is 0 Å². The molecule has 1 aliphatic rings. The van der Waals surface area contributed by atoms with Crippen LogP contribution in [-0.2, 0) is 0 Å². The van der Waals surface area contributed by atoms with Crippen molar-refractivity contribution in [2.24, 2.45) is 0 Å². The molecule has 0 spiro atoms. The summed E-state index contributed by atoms with van der Waals surface area (Å²) in [5, 5.41) is 11.7. The van der Waals surface area contributed by atoms with Crippen molar-refractivity contribution in [2.45, 2.75) is 12.5 Å². The zero-order valence-electron chi connectivity index (χ0n) is 6.70. The van der Waals surface area contributed by atoms with Crippen molar-refractivity contribution in [1.82, 2.24) is 20.3 Å². The monoisotopic (exact) mass is 330 g/mol. The van der Waals surface area contributed by atoms with Gasteiger partial charge in [-0.3, -0.25) is 0 Å². The molecule has 0 aliphatic carbocycles.